The van der Waals surface area contributed by atoms with E-state index in [0.717, 1.165) is 19.4 Å². The van der Waals surface area contributed by atoms with Crippen molar-refractivity contribution in [2.45, 2.75) is 40.0 Å². The zero-order valence-corrected chi connectivity index (χ0v) is 9.92. The Bertz CT molecular complexity index is 272. The van der Waals surface area contributed by atoms with Crippen LogP contribution < -0.4 is 0 Å². The van der Waals surface area contributed by atoms with Gasteiger partial charge in [-0.15, -0.1) is 0 Å². The number of carbonyl (C=O) groups excluding carboxylic acids is 1. The van der Waals surface area contributed by atoms with Gasteiger partial charge in [-0.05, 0) is 18.3 Å². The van der Waals surface area contributed by atoms with Gasteiger partial charge in [0.2, 0.25) is 5.91 Å². The minimum Gasteiger partial charge on any atom is -0.341 e. The molecule has 1 fully saturated rings. The lowest BCUT2D eigenvalue weighted by Crippen LogP contribution is -2.41. The third kappa shape index (κ3) is 3.91. The van der Waals surface area contributed by atoms with Crippen molar-refractivity contribution in [2.24, 2.45) is 11.3 Å². The van der Waals surface area contributed by atoms with Crippen molar-refractivity contribution in [2.75, 3.05) is 13.1 Å². The summed E-state index contributed by atoms with van der Waals surface area (Å²) in [7, 11) is 0. The van der Waals surface area contributed by atoms with Crippen molar-refractivity contribution in [3.8, 4) is 6.07 Å². The van der Waals surface area contributed by atoms with Gasteiger partial charge in [0.25, 0.3) is 0 Å². The molecule has 1 atom stereocenters. The molecule has 0 aliphatic carbocycles. The molecule has 1 saturated heterocycles. The van der Waals surface area contributed by atoms with E-state index in [4.69, 9.17) is 5.26 Å². The first-order valence-corrected chi connectivity index (χ1v) is 5.60. The summed E-state index contributed by atoms with van der Waals surface area (Å²) < 4.78 is 0. The lowest BCUT2D eigenvalue weighted by Gasteiger charge is -2.31. The average molecular weight is 208 g/mol. The highest BCUT2D eigenvalue weighted by molar-refractivity contribution is 5.77. The van der Waals surface area contributed by atoms with E-state index in [0.29, 0.717) is 13.0 Å². The number of likely N-dealkylation sites (tertiary alicyclic amines) is 1. The van der Waals surface area contributed by atoms with E-state index in [2.05, 4.69) is 26.8 Å². The molecule has 0 saturated carbocycles. The van der Waals surface area contributed by atoms with Crippen molar-refractivity contribution in [3.05, 3.63) is 0 Å². The molecule has 3 heteroatoms. The van der Waals surface area contributed by atoms with Crippen molar-refractivity contribution < 1.29 is 4.79 Å². The van der Waals surface area contributed by atoms with Crippen LogP contribution in [0.3, 0.4) is 0 Å². The molecule has 0 aromatic heterocycles. The van der Waals surface area contributed by atoms with E-state index in [1.165, 1.54) is 0 Å². The van der Waals surface area contributed by atoms with Crippen LogP contribution in [0.4, 0.5) is 0 Å². The van der Waals surface area contributed by atoms with Gasteiger partial charge in [-0.25, -0.2) is 0 Å². The average Bonchev–Trinajstić information content (AvgIpc) is 2.15. The van der Waals surface area contributed by atoms with Crippen molar-refractivity contribution >= 4 is 5.91 Å². The highest BCUT2D eigenvalue weighted by Gasteiger charge is 2.26. The summed E-state index contributed by atoms with van der Waals surface area (Å²) in [5, 5.41) is 8.84. The maximum atomic E-state index is 11.6. The van der Waals surface area contributed by atoms with E-state index in [9.17, 15) is 4.79 Å². The van der Waals surface area contributed by atoms with Crippen LogP contribution in [-0.4, -0.2) is 23.9 Å². The van der Waals surface area contributed by atoms with Crippen LogP contribution in [-0.2, 0) is 4.79 Å². The Kier molecular flexibility index (Phi) is 3.73. The molecule has 0 spiro atoms. The molecule has 1 amide bonds. The lowest BCUT2D eigenvalue weighted by atomic mass is 9.91. The molecule has 84 valence electrons. The molecule has 0 N–H and O–H groups in total. The molecule has 0 radical (unpaired) electrons. The SMILES string of the molecule is CC(C)(C)CCN1CC(C#N)CCC1=O. The van der Waals surface area contributed by atoms with Crippen LogP contribution in [0, 0.1) is 22.7 Å². The number of hydrogen-bond donors (Lipinski definition) is 0. The Hall–Kier alpha value is -1.04. The Morgan fingerprint density at radius 3 is 2.73 bits per heavy atom. The number of carbonyl (C=O) groups is 1. The van der Waals surface area contributed by atoms with Crippen molar-refractivity contribution in [3.63, 3.8) is 0 Å². The first-order chi connectivity index (χ1) is 6.92. The topological polar surface area (TPSA) is 44.1 Å². The third-order valence-corrected chi connectivity index (χ3v) is 2.81. The Morgan fingerprint density at radius 2 is 2.20 bits per heavy atom. The second kappa shape index (κ2) is 4.65. The molecule has 1 unspecified atom stereocenters. The zero-order chi connectivity index (χ0) is 11.5. The summed E-state index contributed by atoms with van der Waals surface area (Å²) in [6.45, 7) is 7.93. The smallest absolute Gasteiger partial charge is 0.222 e. The van der Waals surface area contributed by atoms with Gasteiger partial charge in [0, 0.05) is 19.5 Å². The molecule has 0 aromatic carbocycles. The van der Waals surface area contributed by atoms with Crippen LogP contribution >= 0.6 is 0 Å². The van der Waals surface area contributed by atoms with Crippen molar-refractivity contribution in [1.29, 1.82) is 5.26 Å². The van der Waals surface area contributed by atoms with Gasteiger partial charge >= 0.3 is 0 Å². The molecule has 3 nitrogen and oxygen atoms in total. The van der Waals surface area contributed by atoms with Crippen molar-refractivity contribution in [1.82, 2.24) is 4.90 Å². The van der Waals surface area contributed by atoms with Gasteiger partial charge < -0.3 is 4.90 Å². The first kappa shape index (κ1) is 12.0. The van der Waals surface area contributed by atoms with E-state index >= 15 is 0 Å². The fourth-order valence-corrected chi connectivity index (χ4v) is 1.71. The minimum atomic E-state index is 0.0441. The van der Waals surface area contributed by atoms with E-state index in [-0.39, 0.29) is 17.2 Å². The molecule has 1 aliphatic heterocycles. The van der Waals surface area contributed by atoms with Gasteiger partial charge in [0.15, 0.2) is 0 Å². The number of piperidine rings is 1. The highest BCUT2D eigenvalue weighted by atomic mass is 16.2. The van der Waals surface area contributed by atoms with Crippen LogP contribution in [0.5, 0.6) is 0 Å². The number of nitriles is 1. The molecule has 15 heavy (non-hydrogen) atoms. The molecule has 0 aromatic rings. The zero-order valence-electron chi connectivity index (χ0n) is 9.92. The maximum Gasteiger partial charge on any atom is 0.222 e. The predicted molar refractivity (Wildman–Crippen MR) is 59.0 cm³/mol. The standard InChI is InChI=1S/C12H20N2O/c1-12(2,3)6-7-14-9-10(8-13)4-5-11(14)15/h10H,4-7,9H2,1-3H3. The van der Waals surface area contributed by atoms with E-state index in [1.807, 2.05) is 4.90 Å². The Labute approximate surface area is 92.1 Å². The fraction of sp³-hybridized carbons (Fsp3) is 0.833. The predicted octanol–water partition coefficient (Wildman–Crippen LogP) is 2.18. The molecule has 1 heterocycles. The Morgan fingerprint density at radius 1 is 1.53 bits per heavy atom. The van der Waals surface area contributed by atoms with E-state index < -0.39 is 0 Å². The Balaban J connectivity index is 2.46. The van der Waals surface area contributed by atoms with Gasteiger partial charge in [-0.3, -0.25) is 4.79 Å². The van der Waals surface area contributed by atoms with E-state index in [1.54, 1.807) is 0 Å². The summed E-state index contributed by atoms with van der Waals surface area (Å²) in [4.78, 5) is 13.4. The molecular weight excluding hydrogens is 188 g/mol. The monoisotopic (exact) mass is 208 g/mol. The molecule has 1 aliphatic rings. The van der Waals surface area contributed by atoms with Gasteiger partial charge in [0.05, 0.1) is 12.0 Å². The number of hydrogen-bond acceptors (Lipinski definition) is 2. The summed E-state index contributed by atoms with van der Waals surface area (Å²) in [5.74, 6) is 0.258. The normalized spacial score (nSPS) is 22.7. The second-order valence-electron chi connectivity index (χ2n) is 5.52. The quantitative estimate of drug-likeness (QED) is 0.698. The first-order valence-electron chi connectivity index (χ1n) is 5.60. The molecule has 0 bridgehead atoms. The van der Waals surface area contributed by atoms with Gasteiger partial charge in [0.1, 0.15) is 0 Å². The van der Waals surface area contributed by atoms with Crippen LogP contribution in [0.25, 0.3) is 0 Å². The number of nitrogens with zero attached hydrogens (tertiary/aromatic N) is 2. The summed E-state index contributed by atoms with van der Waals surface area (Å²) >= 11 is 0. The molecule has 1 rings (SSSR count). The van der Waals surface area contributed by atoms with Crippen LogP contribution in [0.15, 0.2) is 0 Å². The van der Waals surface area contributed by atoms with Gasteiger partial charge in [-0.2, -0.15) is 5.26 Å². The lowest BCUT2D eigenvalue weighted by molar-refractivity contribution is -0.134. The fourth-order valence-electron chi connectivity index (χ4n) is 1.71. The summed E-state index contributed by atoms with van der Waals surface area (Å²) in [6, 6.07) is 2.26. The van der Waals surface area contributed by atoms with Crippen LogP contribution in [0.1, 0.15) is 40.0 Å². The third-order valence-electron chi connectivity index (χ3n) is 2.81. The second-order valence-corrected chi connectivity index (χ2v) is 5.52. The number of rotatable bonds is 2. The van der Waals surface area contributed by atoms with Crippen LogP contribution in [0.2, 0.25) is 0 Å². The van der Waals surface area contributed by atoms with Gasteiger partial charge in [-0.1, -0.05) is 20.8 Å². The summed E-state index contributed by atoms with van der Waals surface area (Å²) in [5.41, 5.74) is 0.250. The largest absolute Gasteiger partial charge is 0.341 e. The maximum absolute atomic E-state index is 11.6. The highest BCUT2D eigenvalue weighted by Crippen LogP contribution is 2.22. The minimum absolute atomic E-state index is 0.0441. The summed E-state index contributed by atoms with van der Waals surface area (Å²) in [6.07, 6.45) is 2.28. The molecular formula is C12H20N2O. The number of amides is 1.